The molecule has 0 bridgehead atoms. The Labute approximate surface area is 124 Å². The first-order valence-electron chi connectivity index (χ1n) is 6.83. The van der Waals surface area contributed by atoms with E-state index in [4.69, 9.17) is 5.73 Å². The number of hydrogen-bond donors (Lipinski definition) is 1. The minimum atomic E-state index is -3.65. The van der Waals surface area contributed by atoms with Crippen molar-refractivity contribution in [2.45, 2.75) is 43.4 Å². The van der Waals surface area contributed by atoms with Gasteiger partial charge in [-0.25, -0.2) is 8.42 Å². The summed E-state index contributed by atoms with van der Waals surface area (Å²) in [5, 5.41) is 0. The summed E-state index contributed by atoms with van der Waals surface area (Å²) < 4.78 is 27.0. The lowest BCUT2D eigenvalue weighted by atomic mass is 9.97. The minimum absolute atomic E-state index is 0.188. The van der Waals surface area contributed by atoms with Crippen molar-refractivity contribution in [3.05, 3.63) is 29.8 Å². The first kappa shape index (κ1) is 14.5. The van der Waals surface area contributed by atoms with Crippen LogP contribution in [0.5, 0.6) is 0 Å². The van der Waals surface area contributed by atoms with Gasteiger partial charge in [0, 0.05) is 6.54 Å². The molecule has 2 fully saturated rings. The monoisotopic (exact) mass is 309 g/mol. The van der Waals surface area contributed by atoms with Crippen molar-refractivity contribution < 1.29 is 13.2 Å². The van der Waals surface area contributed by atoms with Gasteiger partial charge in [-0.15, -0.1) is 0 Å². The number of nitrogens with zero attached hydrogens (tertiary/aromatic N) is 2. The van der Waals surface area contributed by atoms with Gasteiger partial charge in [0.25, 0.3) is 0 Å². The van der Waals surface area contributed by atoms with E-state index in [9.17, 15) is 13.2 Å². The maximum atomic E-state index is 12.8. The summed E-state index contributed by atoms with van der Waals surface area (Å²) in [6, 6.07) is 5.93. The van der Waals surface area contributed by atoms with Crippen LogP contribution < -0.4 is 5.73 Å². The van der Waals surface area contributed by atoms with Crippen molar-refractivity contribution in [2.75, 3.05) is 6.54 Å². The van der Waals surface area contributed by atoms with Crippen molar-refractivity contribution in [1.29, 1.82) is 0 Å². The molecule has 0 saturated carbocycles. The van der Waals surface area contributed by atoms with Crippen LogP contribution in [0.3, 0.4) is 0 Å². The third-order valence-electron chi connectivity index (χ3n) is 4.23. The summed E-state index contributed by atoms with van der Waals surface area (Å²) in [5.41, 5.74) is 6.28. The van der Waals surface area contributed by atoms with Crippen LogP contribution in [0, 0.1) is 6.92 Å². The fraction of sp³-hybridized carbons (Fsp3) is 0.500. The standard InChI is InChI=1S/C14H19N3O3S/c1-9-4-6-10(7-5-9)21(19,20)16-8-14(2,3)17-12(16)11(15)13(17)18/h4-7,11-12H,8,15H2,1-3H3/t11-,12+/m0/s1. The van der Waals surface area contributed by atoms with Crippen molar-refractivity contribution in [2.24, 2.45) is 5.73 Å². The first-order valence-corrected chi connectivity index (χ1v) is 8.27. The molecule has 2 N–H and O–H groups in total. The zero-order valence-corrected chi connectivity index (χ0v) is 13.1. The molecule has 0 unspecified atom stereocenters. The van der Waals surface area contributed by atoms with Crippen molar-refractivity contribution >= 4 is 15.9 Å². The summed E-state index contributed by atoms with van der Waals surface area (Å²) in [5.74, 6) is -0.188. The molecule has 7 heteroatoms. The first-order chi connectivity index (χ1) is 9.66. The van der Waals surface area contributed by atoms with Gasteiger partial charge in [0.1, 0.15) is 12.2 Å². The molecule has 0 aromatic heterocycles. The average molecular weight is 309 g/mol. The number of amides is 1. The molecule has 2 atom stereocenters. The molecule has 114 valence electrons. The van der Waals surface area contributed by atoms with Gasteiger partial charge in [-0.3, -0.25) is 4.79 Å². The van der Waals surface area contributed by atoms with Crippen LogP contribution in [0.15, 0.2) is 29.2 Å². The fourth-order valence-electron chi connectivity index (χ4n) is 3.09. The van der Waals surface area contributed by atoms with Crippen LogP contribution >= 0.6 is 0 Å². The topological polar surface area (TPSA) is 83.7 Å². The Morgan fingerprint density at radius 1 is 1.24 bits per heavy atom. The van der Waals surface area contributed by atoms with Crippen LogP contribution in [-0.4, -0.2) is 47.8 Å². The van der Waals surface area contributed by atoms with E-state index >= 15 is 0 Å². The van der Waals surface area contributed by atoms with Gasteiger partial charge in [-0.1, -0.05) is 17.7 Å². The maximum absolute atomic E-state index is 12.8. The Hall–Kier alpha value is -1.44. The van der Waals surface area contributed by atoms with Gasteiger partial charge in [0.15, 0.2) is 0 Å². The number of carbonyl (C=O) groups excluding carboxylic acids is 1. The largest absolute Gasteiger partial charge is 0.317 e. The molecule has 0 spiro atoms. The quantitative estimate of drug-likeness (QED) is 0.795. The predicted octanol–water partition coefficient (Wildman–Crippen LogP) is 0.274. The SMILES string of the molecule is Cc1ccc(S(=O)(=O)N2CC(C)(C)N3C(=O)[C@@H](N)[C@@H]32)cc1. The van der Waals surface area contributed by atoms with Crippen LogP contribution in [0.4, 0.5) is 0 Å². The lowest BCUT2D eigenvalue weighted by Crippen LogP contribution is -2.72. The van der Waals surface area contributed by atoms with Crippen LogP contribution in [0.1, 0.15) is 19.4 Å². The number of benzene rings is 1. The lowest BCUT2D eigenvalue weighted by molar-refractivity contribution is -0.155. The zero-order valence-electron chi connectivity index (χ0n) is 12.3. The number of sulfonamides is 1. The second-order valence-corrected chi connectivity index (χ2v) is 8.21. The van der Waals surface area contributed by atoms with E-state index in [0.29, 0.717) is 0 Å². The van der Waals surface area contributed by atoms with E-state index in [1.54, 1.807) is 29.2 Å². The van der Waals surface area contributed by atoms with Crippen LogP contribution in [0.25, 0.3) is 0 Å². The minimum Gasteiger partial charge on any atom is -0.317 e. The van der Waals surface area contributed by atoms with Crippen molar-refractivity contribution in [3.8, 4) is 0 Å². The number of hydrogen-bond acceptors (Lipinski definition) is 4. The van der Waals surface area contributed by atoms with Gasteiger partial charge in [0.05, 0.1) is 10.4 Å². The number of rotatable bonds is 2. The Morgan fingerprint density at radius 3 is 2.38 bits per heavy atom. The maximum Gasteiger partial charge on any atom is 0.244 e. The molecule has 3 rings (SSSR count). The molecule has 2 saturated heterocycles. The molecule has 21 heavy (non-hydrogen) atoms. The van der Waals surface area contributed by atoms with E-state index in [0.717, 1.165) is 5.56 Å². The summed E-state index contributed by atoms with van der Waals surface area (Å²) in [4.78, 5) is 13.7. The number of fused-ring (bicyclic) bond motifs is 1. The van der Waals surface area contributed by atoms with Gasteiger partial charge in [0.2, 0.25) is 15.9 Å². The molecule has 1 amide bonds. The molecule has 2 aliphatic heterocycles. The second kappa shape index (κ2) is 4.28. The summed E-state index contributed by atoms with van der Waals surface area (Å²) in [7, 11) is -3.65. The molecule has 0 aliphatic carbocycles. The molecular weight excluding hydrogens is 290 g/mol. The van der Waals surface area contributed by atoms with E-state index < -0.39 is 27.8 Å². The molecule has 2 heterocycles. The Bertz CT molecular complexity index is 697. The number of nitrogens with two attached hydrogens (primary N) is 1. The predicted molar refractivity (Wildman–Crippen MR) is 77.8 cm³/mol. The van der Waals surface area contributed by atoms with Gasteiger partial charge in [-0.05, 0) is 32.9 Å². The Morgan fingerprint density at radius 2 is 1.81 bits per heavy atom. The molecule has 2 aliphatic rings. The van der Waals surface area contributed by atoms with E-state index in [1.165, 1.54) is 4.31 Å². The summed E-state index contributed by atoms with van der Waals surface area (Å²) in [6.45, 7) is 5.87. The zero-order chi connectivity index (χ0) is 15.6. The van der Waals surface area contributed by atoms with Gasteiger partial charge < -0.3 is 10.6 Å². The third-order valence-corrected chi connectivity index (χ3v) is 6.06. The fourth-order valence-corrected chi connectivity index (χ4v) is 4.83. The smallest absolute Gasteiger partial charge is 0.244 e. The van der Waals surface area contributed by atoms with Crippen molar-refractivity contribution in [1.82, 2.24) is 9.21 Å². The molecule has 1 aromatic carbocycles. The molecule has 1 aromatic rings. The van der Waals surface area contributed by atoms with E-state index in [-0.39, 0.29) is 17.3 Å². The van der Waals surface area contributed by atoms with Crippen LogP contribution in [-0.2, 0) is 14.8 Å². The molecule has 0 radical (unpaired) electrons. The van der Waals surface area contributed by atoms with Crippen molar-refractivity contribution in [3.63, 3.8) is 0 Å². The average Bonchev–Trinajstić information content (AvgIpc) is 2.68. The number of β-lactam (4-membered cyclic amide) rings is 1. The van der Waals surface area contributed by atoms with E-state index in [1.807, 2.05) is 20.8 Å². The summed E-state index contributed by atoms with van der Waals surface area (Å²) >= 11 is 0. The second-order valence-electron chi connectivity index (χ2n) is 6.32. The Balaban J connectivity index is 2.01. The van der Waals surface area contributed by atoms with Gasteiger partial charge >= 0.3 is 0 Å². The lowest BCUT2D eigenvalue weighted by Gasteiger charge is -2.47. The highest BCUT2D eigenvalue weighted by molar-refractivity contribution is 7.89. The third kappa shape index (κ3) is 1.91. The highest BCUT2D eigenvalue weighted by Gasteiger charge is 2.62. The highest BCUT2D eigenvalue weighted by atomic mass is 32.2. The molecular formula is C14H19N3O3S. The Kier molecular flexibility index (Phi) is 2.96. The highest BCUT2D eigenvalue weighted by Crippen LogP contribution is 2.41. The summed E-state index contributed by atoms with van der Waals surface area (Å²) in [6.07, 6.45) is -0.571. The number of aryl methyl sites for hydroxylation is 1. The normalized spacial score (nSPS) is 28.4. The van der Waals surface area contributed by atoms with Gasteiger partial charge in [-0.2, -0.15) is 4.31 Å². The number of carbonyl (C=O) groups is 1. The molecule has 6 nitrogen and oxygen atoms in total. The van der Waals surface area contributed by atoms with Crippen LogP contribution in [0.2, 0.25) is 0 Å². The van der Waals surface area contributed by atoms with E-state index in [2.05, 4.69) is 0 Å².